The monoisotopic (exact) mass is 252 g/mol. The molecule has 2 amide bonds. The van der Waals surface area contributed by atoms with E-state index in [-0.39, 0.29) is 6.03 Å². The molecule has 0 aliphatic rings. The van der Waals surface area contributed by atoms with E-state index in [2.05, 4.69) is 10.6 Å². The Balaban J connectivity index is 2.42. The van der Waals surface area contributed by atoms with E-state index in [1.807, 2.05) is 38.1 Å². The summed E-state index contributed by atoms with van der Waals surface area (Å²) in [6.07, 6.45) is 4.79. The molecule has 0 atom stereocenters. The summed E-state index contributed by atoms with van der Waals surface area (Å²) >= 11 is 5.96. The van der Waals surface area contributed by atoms with Crippen LogP contribution in [0, 0.1) is 6.92 Å². The molecule has 0 heterocycles. The molecule has 2 N–H and O–H groups in total. The summed E-state index contributed by atoms with van der Waals surface area (Å²) in [5.74, 6) is 0. The van der Waals surface area contributed by atoms with Crippen molar-refractivity contribution in [1.82, 2.24) is 5.32 Å². The Morgan fingerprint density at radius 1 is 1.47 bits per heavy atom. The number of hydrogen-bond donors (Lipinski definition) is 2. The Labute approximate surface area is 107 Å². The van der Waals surface area contributed by atoms with E-state index >= 15 is 0 Å². The van der Waals surface area contributed by atoms with E-state index in [4.69, 9.17) is 11.6 Å². The van der Waals surface area contributed by atoms with Crippen LogP contribution in [0.5, 0.6) is 0 Å². The zero-order chi connectivity index (χ0) is 12.7. The van der Waals surface area contributed by atoms with E-state index in [1.165, 1.54) is 0 Å². The van der Waals surface area contributed by atoms with Gasteiger partial charge >= 0.3 is 6.03 Å². The Hall–Kier alpha value is -1.48. The minimum Gasteiger partial charge on any atom is -0.338 e. The van der Waals surface area contributed by atoms with Crippen LogP contribution in [0.2, 0.25) is 5.02 Å². The predicted octanol–water partition coefficient (Wildman–Crippen LogP) is 3.74. The third kappa shape index (κ3) is 4.91. The van der Waals surface area contributed by atoms with Gasteiger partial charge in [0.05, 0.1) is 0 Å². The van der Waals surface area contributed by atoms with Gasteiger partial charge in [-0.3, -0.25) is 0 Å². The Bertz CT molecular complexity index is 416. The van der Waals surface area contributed by atoms with Crippen LogP contribution in [-0.2, 0) is 0 Å². The van der Waals surface area contributed by atoms with Gasteiger partial charge in [0.25, 0.3) is 0 Å². The number of aryl methyl sites for hydroxylation is 1. The number of carbonyl (C=O) groups is 1. The molecular formula is C13H17ClN2O. The van der Waals surface area contributed by atoms with Gasteiger partial charge in [-0.15, -0.1) is 0 Å². The SMILES string of the molecule is C/C=C/CCNC(=O)Nc1ccc(C)c(Cl)c1. The highest BCUT2D eigenvalue weighted by atomic mass is 35.5. The van der Waals surface area contributed by atoms with Crippen molar-refractivity contribution in [3.63, 3.8) is 0 Å². The van der Waals surface area contributed by atoms with Crippen molar-refractivity contribution in [2.75, 3.05) is 11.9 Å². The van der Waals surface area contributed by atoms with Crippen LogP contribution >= 0.6 is 11.6 Å². The first-order valence-corrected chi connectivity index (χ1v) is 5.93. The maximum Gasteiger partial charge on any atom is 0.319 e. The van der Waals surface area contributed by atoms with Crippen LogP contribution in [0.15, 0.2) is 30.4 Å². The zero-order valence-corrected chi connectivity index (χ0v) is 10.8. The number of urea groups is 1. The fourth-order valence-electron chi connectivity index (χ4n) is 1.28. The number of benzene rings is 1. The second kappa shape index (κ2) is 6.97. The van der Waals surface area contributed by atoms with E-state index < -0.39 is 0 Å². The van der Waals surface area contributed by atoms with Gasteiger partial charge in [-0.1, -0.05) is 29.8 Å². The number of anilines is 1. The number of rotatable bonds is 4. The summed E-state index contributed by atoms with van der Waals surface area (Å²) in [4.78, 5) is 11.5. The lowest BCUT2D eigenvalue weighted by molar-refractivity contribution is 0.252. The third-order valence-corrected chi connectivity index (χ3v) is 2.67. The largest absolute Gasteiger partial charge is 0.338 e. The maximum atomic E-state index is 11.5. The fourth-order valence-corrected chi connectivity index (χ4v) is 1.46. The number of halogens is 1. The van der Waals surface area contributed by atoms with Gasteiger partial charge in [0.15, 0.2) is 0 Å². The Morgan fingerprint density at radius 2 is 2.24 bits per heavy atom. The fraction of sp³-hybridized carbons (Fsp3) is 0.308. The lowest BCUT2D eigenvalue weighted by Gasteiger charge is -2.07. The number of carbonyl (C=O) groups excluding carboxylic acids is 1. The van der Waals surface area contributed by atoms with Gasteiger partial charge in [0.1, 0.15) is 0 Å². The lowest BCUT2D eigenvalue weighted by atomic mass is 10.2. The van der Waals surface area contributed by atoms with Crippen molar-refractivity contribution in [2.45, 2.75) is 20.3 Å². The number of nitrogens with one attached hydrogen (secondary N) is 2. The summed E-state index contributed by atoms with van der Waals surface area (Å²) < 4.78 is 0. The van der Waals surface area contributed by atoms with Gasteiger partial charge < -0.3 is 10.6 Å². The molecule has 1 aromatic rings. The molecule has 0 aliphatic carbocycles. The summed E-state index contributed by atoms with van der Waals surface area (Å²) in [5.41, 5.74) is 1.69. The van der Waals surface area contributed by atoms with Crippen molar-refractivity contribution in [3.05, 3.63) is 40.9 Å². The van der Waals surface area contributed by atoms with E-state index in [9.17, 15) is 4.79 Å². The topological polar surface area (TPSA) is 41.1 Å². The molecular weight excluding hydrogens is 236 g/mol. The average molecular weight is 253 g/mol. The van der Waals surface area contributed by atoms with Crippen LogP contribution in [0.4, 0.5) is 10.5 Å². The Morgan fingerprint density at radius 3 is 2.88 bits per heavy atom. The maximum absolute atomic E-state index is 11.5. The molecule has 17 heavy (non-hydrogen) atoms. The molecule has 0 fully saturated rings. The molecule has 0 aromatic heterocycles. The van der Waals surface area contributed by atoms with Gasteiger partial charge in [0.2, 0.25) is 0 Å². The minimum atomic E-state index is -0.213. The van der Waals surface area contributed by atoms with Crippen LogP contribution in [0.1, 0.15) is 18.9 Å². The van der Waals surface area contributed by atoms with Crippen LogP contribution in [0.3, 0.4) is 0 Å². The van der Waals surface area contributed by atoms with Gasteiger partial charge in [0, 0.05) is 17.3 Å². The second-order valence-corrected chi connectivity index (χ2v) is 4.11. The highest BCUT2D eigenvalue weighted by Crippen LogP contribution is 2.19. The highest BCUT2D eigenvalue weighted by Gasteiger charge is 2.02. The molecule has 0 saturated heterocycles. The smallest absolute Gasteiger partial charge is 0.319 e. The lowest BCUT2D eigenvalue weighted by Crippen LogP contribution is -2.29. The quantitative estimate of drug-likeness (QED) is 0.622. The molecule has 0 aliphatic heterocycles. The standard InChI is InChI=1S/C13H17ClN2O/c1-3-4-5-8-15-13(17)16-11-7-6-10(2)12(14)9-11/h3-4,6-7,9H,5,8H2,1-2H3,(H2,15,16,17)/b4-3+. The predicted molar refractivity (Wildman–Crippen MR) is 72.6 cm³/mol. The average Bonchev–Trinajstić information content (AvgIpc) is 2.30. The highest BCUT2D eigenvalue weighted by molar-refractivity contribution is 6.31. The summed E-state index contributed by atoms with van der Waals surface area (Å²) in [6.45, 7) is 4.49. The molecule has 0 spiro atoms. The molecule has 1 aromatic carbocycles. The van der Waals surface area contributed by atoms with Crippen molar-refractivity contribution in [2.24, 2.45) is 0 Å². The van der Waals surface area contributed by atoms with Crippen LogP contribution in [0.25, 0.3) is 0 Å². The van der Waals surface area contributed by atoms with E-state index in [0.717, 1.165) is 12.0 Å². The number of amides is 2. The van der Waals surface area contributed by atoms with Crippen molar-refractivity contribution in [3.8, 4) is 0 Å². The molecule has 3 nitrogen and oxygen atoms in total. The third-order valence-electron chi connectivity index (χ3n) is 2.26. The first-order chi connectivity index (χ1) is 8.13. The van der Waals surface area contributed by atoms with Crippen LogP contribution < -0.4 is 10.6 Å². The van der Waals surface area contributed by atoms with E-state index in [1.54, 1.807) is 6.07 Å². The molecule has 1 rings (SSSR count). The first-order valence-electron chi connectivity index (χ1n) is 5.55. The normalized spacial score (nSPS) is 10.5. The molecule has 92 valence electrons. The van der Waals surface area contributed by atoms with Gasteiger partial charge in [-0.2, -0.15) is 0 Å². The van der Waals surface area contributed by atoms with Crippen molar-refractivity contribution < 1.29 is 4.79 Å². The molecule has 0 radical (unpaired) electrons. The number of hydrogen-bond acceptors (Lipinski definition) is 1. The van der Waals surface area contributed by atoms with Gasteiger partial charge in [-0.05, 0) is 38.0 Å². The van der Waals surface area contributed by atoms with Crippen molar-refractivity contribution in [1.29, 1.82) is 0 Å². The second-order valence-electron chi connectivity index (χ2n) is 3.70. The summed E-state index contributed by atoms with van der Waals surface area (Å²) in [7, 11) is 0. The van der Waals surface area contributed by atoms with Crippen molar-refractivity contribution >= 4 is 23.3 Å². The Kier molecular flexibility index (Phi) is 5.57. The summed E-state index contributed by atoms with van der Waals surface area (Å²) in [5, 5.41) is 6.13. The summed E-state index contributed by atoms with van der Waals surface area (Å²) in [6, 6.07) is 5.22. The van der Waals surface area contributed by atoms with Crippen LogP contribution in [-0.4, -0.2) is 12.6 Å². The molecule has 4 heteroatoms. The molecule has 0 unspecified atom stereocenters. The van der Waals surface area contributed by atoms with Gasteiger partial charge in [-0.25, -0.2) is 4.79 Å². The minimum absolute atomic E-state index is 0.213. The zero-order valence-electron chi connectivity index (χ0n) is 10.1. The van der Waals surface area contributed by atoms with E-state index in [0.29, 0.717) is 17.3 Å². The molecule has 0 bridgehead atoms. The first kappa shape index (κ1) is 13.6. The number of allylic oxidation sites excluding steroid dienone is 1. The molecule has 0 saturated carbocycles.